The van der Waals surface area contributed by atoms with Crippen molar-refractivity contribution in [1.82, 2.24) is 10.6 Å². The Morgan fingerprint density at radius 3 is 1.90 bits per heavy atom. The monoisotopic (exact) mass is 1040 g/mol. The maximum atomic E-state index is 13.1. The summed E-state index contributed by atoms with van der Waals surface area (Å²) < 4.78 is 34.4. The third kappa shape index (κ3) is 19.4. The van der Waals surface area contributed by atoms with Crippen LogP contribution in [0.2, 0.25) is 0 Å². The van der Waals surface area contributed by atoms with Crippen molar-refractivity contribution in [2.24, 2.45) is 0 Å². The molecule has 0 aliphatic carbocycles. The molecule has 3 fully saturated rings. The number of aliphatic hydroxyl groups is 11. The number of nitrogens with one attached hydrogen (secondary N) is 2. The summed E-state index contributed by atoms with van der Waals surface area (Å²) in [5.74, 6) is -6.19. The summed E-state index contributed by atoms with van der Waals surface area (Å²) in [6, 6.07) is -2.62. The summed E-state index contributed by atoms with van der Waals surface area (Å²) >= 11 is 0. The summed E-state index contributed by atoms with van der Waals surface area (Å²) in [6.07, 6.45) is -6.64. The van der Waals surface area contributed by atoms with E-state index in [0.29, 0.717) is 19.3 Å². The number of carboxylic acid groups (broad SMARTS) is 1. The second-order valence-electron chi connectivity index (χ2n) is 19.0. The average Bonchev–Trinajstić information content (AvgIpc) is 3.35. The van der Waals surface area contributed by atoms with E-state index in [1.54, 1.807) is 6.08 Å². The van der Waals surface area contributed by atoms with Gasteiger partial charge in [-0.1, -0.05) is 95.9 Å². The highest BCUT2D eigenvalue weighted by atomic mass is 16.8. The Balaban J connectivity index is 1.76. The van der Waals surface area contributed by atoms with Crippen molar-refractivity contribution >= 4 is 17.8 Å². The van der Waals surface area contributed by atoms with Crippen LogP contribution in [0.1, 0.15) is 130 Å². The molecular weight excluding hydrogens is 953 g/mol. The van der Waals surface area contributed by atoms with Crippen LogP contribution in [0.15, 0.2) is 24.3 Å². The van der Waals surface area contributed by atoms with Crippen molar-refractivity contribution in [2.45, 2.75) is 240 Å². The highest BCUT2D eigenvalue weighted by Crippen LogP contribution is 2.38. The van der Waals surface area contributed by atoms with Gasteiger partial charge >= 0.3 is 5.97 Å². The lowest BCUT2D eigenvalue weighted by Gasteiger charge is -2.50. The number of carbonyl (C=O) groups excluding carboxylic acids is 2. The van der Waals surface area contributed by atoms with E-state index >= 15 is 0 Å². The quantitative estimate of drug-likeness (QED) is 0.0273. The van der Waals surface area contributed by atoms with Crippen LogP contribution < -0.4 is 10.6 Å². The molecule has 23 nitrogen and oxygen atoms in total. The van der Waals surface area contributed by atoms with Gasteiger partial charge in [-0.15, -0.1) is 0 Å². The maximum absolute atomic E-state index is 13.1. The van der Waals surface area contributed by atoms with E-state index in [1.807, 2.05) is 12.2 Å². The van der Waals surface area contributed by atoms with Gasteiger partial charge in [-0.05, 0) is 38.5 Å². The van der Waals surface area contributed by atoms with Crippen molar-refractivity contribution in [3.63, 3.8) is 0 Å². The molecule has 0 bridgehead atoms. The third-order valence-corrected chi connectivity index (χ3v) is 13.1. The Morgan fingerprint density at radius 1 is 0.722 bits per heavy atom. The summed E-state index contributed by atoms with van der Waals surface area (Å²) in [5.41, 5.74) is 0. The highest BCUT2D eigenvalue weighted by Gasteiger charge is 2.60. The van der Waals surface area contributed by atoms with Crippen molar-refractivity contribution in [3.05, 3.63) is 24.3 Å². The van der Waals surface area contributed by atoms with Gasteiger partial charge in [0.1, 0.15) is 67.1 Å². The normalized spacial score (nSPS) is 32.9. The molecule has 0 aromatic rings. The first-order valence-electron chi connectivity index (χ1n) is 25.7. The van der Waals surface area contributed by atoms with Gasteiger partial charge in [0.2, 0.25) is 11.8 Å². The van der Waals surface area contributed by atoms with E-state index in [4.69, 9.17) is 28.4 Å². The topological polar surface area (TPSA) is 373 Å². The van der Waals surface area contributed by atoms with Crippen molar-refractivity contribution < 1.29 is 104 Å². The minimum absolute atomic E-state index is 0.150. The molecule has 0 aromatic heterocycles. The third-order valence-electron chi connectivity index (χ3n) is 13.1. The Bertz CT molecular complexity index is 1610. The second kappa shape index (κ2) is 33.3. The minimum Gasteiger partial charge on any atom is -0.477 e. The van der Waals surface area contributed by atoms with E-state index in [-0.39, 0.29) is 12.3 Å². The zero-order valence-corrected chi connectivity index (χ0v) is 42.0. The number of carbonyl (C=O) groups is 3. The molecule has 3 saturated heterocycles. The van der Waals surface area contributed by atoms with E-state index in [1.165, 1.54) is 19.3 Å². The van der Waals surface area contributed by atoms with Crippen LogP contribution in [0.4, 0.5) is 0 Å². The van der Waals surface area contributed by atoms with E-state index in [0.717, 1.165) is 64.7 Å². The summed E-state index contributed by atoms with van der Waals surface area (Å²) in [4.78, 5) is 38.1. The predicted octanol–water partition coefficient (Wildman–Crippen LogP) is -0.960. The van der Waals surface area contributed by atoms with Crippen LogP contribution in [-0.2, 0) is 42.8 Å². The van der Waals surface area contributed by atoms with Crippen LogP contribution in [-0.4, -0.2) is 215 Å². The molecule has 23 heteroatoms. The zero-order valence-electron chi connectivity index (χ0n) is 42.0. The first kappa shape index (κ1) is 63.5. The van der Waals surface area contributed by atoms with E-state index in [9.17, 15) is 75.7 Å². The van der Waals surface area contributed by atoms with Crippen LogP contribution >= 0.6 is 0 Å². The number of rotatable bonds is 34. The Labute approximate surface area is 422 Å². The number of amides is 2. The average molecular weight is 1040 g/mol. The molecule has 0 spiro atoms. The number of hydrogen-bond donors (Lipinski definition) is 14. The zero-order chi connectivity index (χ0) is 53.4. The molecule has 3 heterocycles. The molecular formula is C49H86N2O21. The number of aliphatic hydroxyl groups excluding tert-OH is 11. The lowest BCUT2D eigenvalue weighted by molar-refractivity contribution is -0.386. The molecule has 18 unspecified atom stereocenters. The molecule has 14 N–H and O–H groups in total. The van der Waals surface area contributed by atoms with Crippen molar-refractivity contribution in [1.29, 1.82) is 0 Å². The maximum Gasteiger partial charge on any atom is 0.364 e. The number of ether oxygens (including phenoxy) is 6. The number of hydrogen-bond acceptors (Lipinski definition) is 20. The summed E-state index contributed by atoms with van der Waals surface area (Å²) in [6.45, 7) is 1.93. The van der Waals surface area contributed by atoms with Crippen LogP contribution in [0.25, 0.3) is 0 Å². The SMILES string of the molecule is CCCCCC/C=C\CCCC(=O)NC(COC1OC(CO)C(OC2OC(CO)C(O)C(OC3(C(=O)O)CC(O)C(NC(C)=O)C(C(O)C(O)CO)O3)C2O)C(O)C1O)C(O)/C=C/CCCCCCCCC. The number of aliphatic carboxylic acids is 1. The van der Waals surface area contributed by atoms with Gasteiger partial charge in [0.25, 0.3) is 5.79 Å². The molecule has 3 rings (SSSR count). The number of unbranched alkanes of at least 4 members (excludes halogenated alkanes) is 12. The fraction of sp³-hybridized carbons (Fsp3) is 0.857. The Kier molecular flexibility index (Phi) is 29.4. The highest BCUT2D eigenvalue weighted by molar-refractivity contribution is 5.77. The molecule has 0 radical (unpaired) electrons. The summed E-state index contributed by atoms with van der Waals surface area (Å²) in [7, 11) is 0. The van der Waals surface area contributed by atoms with Gasteiger partial charge < -0.3 is 100 Å². The molecule has 3 aliphatic heterocycles. The van der Waals surface area contributed by atoms with Crippen LogP contribution in [0, 0.1) is 0 Å². The standard InChI is InChI=1S/C49H86N2O21/c1-4-6-8-10-12-14-16-18-20-22-31(56)30(51-36(59)23-21-19-17-15-13-11-9-7-5-2)28-67-46-41(63)40(62)43(35(27-54)69-46)70-47-42(64)45(39(61)34(26-53)68-47)72-49(48(65)66)24-32(57)37(50-29(3)55)44(71-49)38(60)33(58)25-52/h15,17,20,22,30-35,37-47,52-54,56-58,60-64H,4-14,16,18-19,21,23-28H2,1-3H3,(H,50,55)(H,51,59)(H,65,66)/b17-15-,22-20+. The van der Waals surface area contributed by atoms with Crippen LogP contribution in [0.5, 0.6) is 0 Å². The Hall–Kier alpha value is -2.79. The van der Waals surface area contributed by atoms with Crippen molar-refractivity contribution in [2.75, 3.05) is 26.4 Å². The molecule has 18 atom stereocenters. The van der Waals surface area contributed by atoms with Gasteiger partial charge in [-0.2, -0.15) is 0 Å². The Morgan fingerprint density at radius 2 is 1.31 bits per heavy atom. The molecule has 0 aromatic carbocycles. The van der Waals surface area contributed by atoms with Gasteiger partial charge in [0, 0.05) is 19.8 Å². The molecule has 0 saturated carbocycles. The molecule has 2 amide bonds. The molecule has 72 heavy (non-hydrogen) atoms. The number of allylic oxidation sites excluding steroid dienone is 3. The van der Waals surface area contributed by atoms with E-state index < -0.39 is 155 Å². The van der Waals surface area contributed by atoms with Crippen molar-refractivity contribution in [3.8, 4) is 0 Å². The lowest BCUT2D eigenvalue weighted by Crippen LogP contribution is -2.70. The smallest absolute Gasteiger partial charge is 0.364 e. The predicted molar refractivity (Wildman–Crippen MR) is 255 cm³/mol. The largest absolute Gasteiger partial charge is 0.477 e. The number of carboxylic acids is 1. The minimum atomic E-state index is -3.08. The fourth-order valence-electron chi connectivity index (χ4n) is 8.88. The van der Waals surface area contributed by atoms with Gasteiger partial charge in [-0.25, -0.2) is 4.79 Å². The lowest BCUT2D eigenvalue weighted by atomic mass is 9.88. The fourth-order valence-corrected chi connectivity index (χ4v) is 8.88. The molecule has 418 valence electrons. The van der Waals surface area contributed by atoms with Gasteiger partial charge in [-0.3, -0.25) is 9.59 Å². The van der Waals surface area contributed by atoms with Crippen LogP contribution in [0.3, 0.4) is 0 Å². The van der Waals surface area contributed by atoms with Gasteiger partial charge in [0.05, 0.1) is 50.7 Å². The molecule has 3 aliphatic rings. The first-order chi connectivity index (χ1) is 34.4. The first-order valence-corrected chi connectivity index (χ1v) is 25.7. The van der Waals surface area contributed by atoms with E-state index in [2.05, 4.69) is 30.6 Å². The summed E-state index contributed by atoms with van der Waals surface area (Å²) in [5, 5.41) is 134. The second-order valence-corrected chi connectivity index (χ2v) is 19.0. The van der Waals surface area contributed by atoms with Gasteiger partial charge in [0.15, 0.2) is 12.6 Å².